The Labute approximate surface area is 104 Å². The van der Waals surface area contributed by atoms with Crippen molar-refractivity contribution in [1.82, 2.24) is 4.57 Å². The van der Waals surface area contributed by atoms with Gasteiger partial charge in [0.1, 0.15) is 11.6 Å². The van der Waals surface area contributed by atoms with Gasteiger partial charge in [-0.2, -0.15) is 5.26 Å². The number of fused-ring (bicyclic) bond motifs is 1. The van der Waals surface area contributed by atoms with Crippen molar-refractivity contribution in [1.29, 1.82) is 5.26 Å². The van der Waals surface area contributed by atoms with Gasteiger partial charge in [-0.25, -0.2) is 0 Å². The number of nitriles is 1. The molecule has 18 heavy (non-hydrogen) atoms. The van der Waals surface area contributed by atoms with Gasteiger partial charge in [0.05, 0.1) is 0 Å². The number of hydrogen-bond donors (Lipinski definition) is 1. The quantitative estimate of drug-likeness (QED) is 0.861. The summed E-state index contributed by atoms with van der Waals surface area (Å²) in [6.45, 7) is 0.354. The van der Waals surface area contributed by atoms with Crippen LogP contribution in [0.15, 0.2) is 11.0 Å². The van der Waals surface area contributed by atoms with E-state index in [9.17, 15) is 9.59 Å². The Morgan fingerprint density at radius 3 is 2.94 bits per heavy atom. The van der Waals surface area contributed by atoms with Crippen LogP contribution in [0.2, 0.25) is 0 Å². The van der Waals surface area contributed by atoms with E-state index >= 15 is 0 Å². The molecular weight excluding hydrogens is 232 g/mol. The molecule has 0 bridgehead atoms. The van der Waals surface area contributed by atoms with E-state index in [2.05, 4.69) is 0 Å². The van der Waals surface area contributed by atoms with Gasteiger partial charge in [-0.15, -0.1) is 0 Å². The predicted octanol–water partition coefficient (Wildman–Crippen LogP) is 1.07. The summed E-state index contributed by atoms with van der Waals surface area (Å²) in [4.78, 5) is 22.5. The van der Waals surface area contributed by atoms with Crippen molar-refractivity contribution in [2.45, 2.75) is 38.6 Å². The maximum absolute atomic E-state index is 12.0. The van der Waals surface area contributed by atoms with Crippen LogP contribution in [0.3, 0.4) is 0 Å². The molecule has 0 amide bonds. The van der Waals surface area contributed by atoms with E-state index in [1.54, 1.807) is 6.20 Å². The van der Waals surface area contributed by atoms with E-state index in [-0.39, 0.29) is 17.5 Å². The SMILES string of the molecule is N#Cc1c2c(cn(CCCC(=O)O)c1=O)CCC2. The molecule has 0 aliphatic heterocycles. The fraction of sp³-hybridized carbons (Fsp3) is 0.462. The molecule has 94 valence electrons. The molecule has 5 nitrogen and oxygen atoms in total. The third kappa shape index (κ3) is 2.28. The summed E-state index contributed by atoms with van der Waals surface area (Å²) in [6.07, 6.45) is 4.88. The van der Waals surface area contributed by atoms with Gasteiger partial charge in [-0.3, -0.25) is 9.59 Å². The van der Waals surface area contributed by atoms with Crippen LogP contribution < -0.4 is 5.56 Å². The first-order valence-corrected chi connectivity index (χ1v) is 6.00. The van der Waals surface area contributed by atoms with Crippen molar-refractivity contribution < 1.29 is 9.90 Å². The highest BCUT2D eigenvalue weighted by atomic mass is 16.4. The number of nitrogens with zero attached hydrogens (tertiary/aromatic N) is 2. The summed E-state index contributed by atoms with van der Waals surface area (Å²) in [5, 5.41) is 17.6. The first-order chi connectivity index (χ1) is 8.63. The zero-order chi connectivity index (χ0) is 13.1. The largest absolute Gasteiger partial charge is 0.481 e. The molecule has 1 aromatic rings. The van der Waals surface area contributed by atoms with E-state index in [1.165, 1.54) is 4.57 Å². The summed E-state index contributed by atoms with van der Waals surface area (Å²) in [6, 6.07) is 1.99. The molecule has 1 N–H and O–H groups in total. The monoisotopic (exact) mass is 246 g/mol. The Morgan fingerprint density at radius 2 is 2.28 bits per heavy atom. The number of aliphatic carboxylic acids is 1. The van der Waals surface area contributed by atoms with Gasteiger partial charge in [-0.1, -0.05) is 0 Å². The number of rotatable bonds is 4. The lowest BCUT2D eigenvalue weighted by molar-refractivity contribution is -0.137. The first-order valence-electron chi connectivity index (χ1n) is 6.00. The lowest BCUT2D eigenvalue weighted by Gasteiger charge is -2.09. The van der Waals surface area contributed by atoms with Crippen LogP contribution >= 0.6 is 0 Å². The molecule has 0 saturated heterocycles. The number of carbonyl (C=O) groups is 1. The topological polar surface area (TPSA) is 83.1 Å². The molecule has 0 radical (unpaired) electrons. The van der Waals surface area contributed by atoms with E-state index in [0.717, 1.165) is 30.4 Å². The highest BCUT2D eigenvalue weighted by molar-refractivity contribution is 5.66. The van der Waals surface area contributed by atoms with Crippen molar-refractivity contribution in [2.75, 3.05) is 0 Å². The molecule has 0 saturated carbocycles. The fourth-order valence-corrected chi connectivity index (χ4v) is 2.40. The van der Waals surface area contributed by atoms with Crippen molar-refractivity contribution in [3.8, 4) is 6.07 Å². The summed E-state index contributed by atoms with van der Waals surface area (Å²) in [7, 11) is 0. The molecular formula is C13H14N2O3. The molecule has 2 rings (SSSR count). The molecule has 5 heteroatoms. The summed E-state index contributed by atoms with van der Waals surface area (Å²) in [5.41, 5.74) is 1.89. The van der Waals surface area contributed by atoms with Gasteiger partial charge in [0.2, 0.25) is 0 Å². The molecule has 1 aliphatic carbocycles. The summed E-state index contributed by atoms with van der Waals surface area (Å²) < 4.78 is 1.48. The van der Waals surface area contributed by atoms with E-state index < -0.39 is 5.97 Å². The van der Waals surface area contributed by atoms with Crippen molar-refractivity contribution in [3.05, 3.63) is 33.2 Å². The van der Waals surface area contributed by atoms with Crippen LogP contribution in [0.5, 0.6) is 0 Å². The van der Waals surface area contributed by atoms with Gasteiger partial charge in [0, 0.05) is 19.2 Å². The van der Waals surface area contributed by atoms with Gasteiger partial charge >= 0.3 is 5.97 Å². The number of aryl methyl sites for hydroxylation is 2. The molecule has 1 heterocycles. The third-order valence-corrected chi connectivity index (χ3v) is 3.25. The minimum Gasteiger partial charge on any atom is -0.481 e. The Balaban J connectivity index is 2.30. The Bertz CT molecular complexity index is 581. The van der Waals surface area contributed by atoms with Crippen molar-refractivity contribution in [3.63, 3.8) is 0 Å². The average Bonchev–Trinajstić information content (AvgIpc) is 2.77. The smallest absolute Gasteiger partial charge is 0.303 e. The van der Waals surface area contributed by atoms with Crippen LogP contribution in [0.25, 0.3) is 0 Å². The molecule has 0 aromatic carbocycles. The van der Waals surface area contributed by atoms with E-state index in [1.807, 2.05) is 6.07 Å². The van der Waals surface area contributed by atoms with Crippen LogP contribution in [0, 0.1) is 11.3 Å². The van der Waals surface area contributed by atoms with Crippen LogP contribution in [-0.4, -0.2) is 15.6 Å². The normalized spacial score (nSPS) is 13.1. The second kappa shape index (κ2) is 5.05. The molecule has 0 unspecified atom stereocenters. The molecule has 1 aliphatic rings. The molecule has 0 fully saturated rings. The maximum atomic E-state index is 12.0. The zero-order valence-corrected chi connectivity index (χ0v) is 9.98. The Hall–Kier alpha value is -2.09. The van der Waals surface area contributed by atoms with Crippen LogP contribution in [0.4, 0.5) is 0 Å². The number of pyridine rings is 1. The second-order valence-electron chi connectivity index (χ2n) is 4.47. The lowest BCUT2D eigenvalue weighted by atomic mass is 10.1. The average molecular weight is 246 g/mol. The summed E-state index contributed by atoms with van der Waals surface area (Å²) >= 11 is 0. The molecule has 1 aromatic heterocycles. The standard InChI is InChI=1S/C13H14N2O3/c14-7-11-10-4-1-3-9(10)8-15(13(11)18)6-2-5-12(16)17/h8H,1-6H2,(H,16,17). The van der Waals surface area contributed by atoms with Crippen LogP contribution in [0.1, 0.15) is 36.0 Å². The van der Waals surface area contributed by atoms with Gasteiger partial charge < -0.3 is 9.67 Å². The first kappa shape index (κ1) is 12.4. The van der Waals surface area contributed by atoms with Gasteiger partial charge in [-0.05, 0) is 36.8 Å². The third-order valence-electron chi connectivity index (χ3n) is 3.25. The molecule has 0 atom stereocenters. The van der Waals surface area contributed by atoms with Crippen molar-refractivity contribution in [2.24, 2.45) is 0 Å². The second-order valence-corrected chi connectivity index (χ2v) is 4.47. The number of aromatic nitrogens is 1. The number of carboxylic acids is 1. The fourth-order valence-electron chi connectivity index (χ4n) is 2.40. The Kier molecular flexibility index (Phi) is 3.47. The van der Waals surface area contributed by atoms with E-state index in [4.69, 9.17) is 10.4 Å². The minimum atomic E-state index is -0.871. The molecule has 0 spiro atoms. The maximum Gasteiger partial charge on any atom is 0.303 e. The van der Waals surface area contributed by atoms with E-state index in [0.29, 0.717) is 13.0 Å². The number of hydrogen-bond acceptors (Lipinski definition) is 3. The highest BCUT2D eigenvalue weighted by Crippen LogP contribution is 2.22. The lowest BCUT2D eigenvalue weighted by Crippen LogP contribution is -2.24. The van der Waals surface area contributed by atoms with Crippen LogP contribution in [-0.2, 0) is 24.2 Å². The highest BCUT2D eigenvalue weighted by Gasteiger charge is 2.19. The number of carboxylic acid groups (broad SMARTS) is 1. The van der Waals surface area contributed by atoms with Gasteiger partial charge in [0.25, 0.3) is 5.56 Å². The minimum absolute atomic E-state index is 0.0331. The zero-order valence-electron chi connectivity index (χ0n) is 9.98. The van der Waals surface area contributed by atoms with Crippen molar-refractivity contribution >= 4 is 5.97 Å². The predicted molar refractivity (Wildman–Crippen MR) is 64.3 cm³/mol. The summed E-state index contributed by atoms with van der Waals surface area (Å²) in [5.74, 6) is -0.871. The Morgan fingerprint density at radius 1 is 1.50 bits per heavy atom. The van der Waals surface area contributed by atoms with Gasteiger partial charge in [0.15, 0.2) is 0 Å².